The summed E-state index contributed by atoms with van der Waals surface area (Å²) in [7, 11) is 0. The van der Waals surface area contributed by atoms with E-state index in [4.69, 9.17) is 9.47 Å². The molecule has 158 valence electrons. The summed E-state index contributed by atoms with van der Waals surface area (Å²) in [5.41, 5.74) is 3.26. The summed E-state index contributed by atoms with van der Waals surface area (Å²) < 4.78 is 10.7. The second-order valence-electron chi connectivity index (χ2n) is 7.76. The average molecular weight is 409 g/mol. The van der Waals surface area contributed by atoms with Crippen LogP contribution in [-0.2, 0) is 14.3 Å². The smallest absolute Gasteiger partial charge is 0.344 e. The van der Waals surface area contributed by atoms with Crippen molar-refractivity contribution in [2.24, 2.45) is 0 Å². The zero-order valence-corrected chi connectivity index (χ0v) is 17.6. The molecule has 0 atom stereocenters. The number of hydrogen-bond acceptors (Lipinski definition) is 5. The lowest BCUT2D eigenvalue weighted by molar-refractivity contribution is -0.144. The first-order valence-electron chi connectivity index (χ1n) is 10.2. The standard InChI is InChI=1S/C24H27NO5/c1-16(2)20-11-6-17(3)13-22(20)29-15-24(28)30-14-21(26)18-7-9-19(10-8-18)25-12-4-5-23(25)27/h6-11,13,16H,4-5,12,14-15H2,1-3H3. The highest BCUT2D eigenvalue weighted by atomic mass is 16.6. The Hall–Kier alpha value is -3.15. The Labute approximate surface area is 176 Å². The topological polar surface area (TPSA) is 72.9 Å². The first-order chi connectivity index (χ1) is 14.3. The number of carbonyl (C=O) groups excluding carboxylic acids is 3. The molecule has 6 nitrogen and oxygen atoms in total. The summed E-state index contributed by atoms with van der Waals surface area (Å²) in [6.45, 7) is 6.16. The van der Waals surface area contributed by atoms with Gasteiger partial charge in [0.1, 0.15) is 5.75 Å². The molecule has 6 heteroatoms. The number of carbonyl (C=O) groups is 3. The fraction of sp³-hybridized carbons (Fsp3) is 0.375. The monoisotopic (exact) mass is 409 g/mol. The van der Waals surface area contributed by atoms with E-state index in [1.165, 1.54) is 0 Å². The van der Waals surface area contributed by atoms with E-state index in [1.807, 2.05) is 25.1 Å². The SMILES string of the molecule is Cc1ccc(C(C)C)c(OCC(=O)OCC(=O)c2ccc(N3CCCC3=O)cc2)c1. The van der Waals surface area contributed by atoms with Crippen molar-refractivity contribution in [3.8, 4) is 5.75 Å². The third kappa shape index (κ3) is 5.26. The van der Waals surface area contributed by atoms with Crippen molar-refractivity contribution in [3.63, 3.8) is 0 Å². The van der Waals surface area contributed by atoms with E-state index >= 15 is 0 Å². The summed E-state index contributed by atoms with van der Waals surface area (Å²) in [5, 5.41) is 0. The number of ether oxygens (including phenoxy) is 2. The fourth-order valence-corrected chi connectivity index (χ4v) is 3.40. The summed E-state index contributed by atoms with van der Waals surface area (Å²) in [4.78, 5) is 37.9. The molecule has 0 radical (unpaired) electrons. The number of esters is 1. The molecule has 2 aromatic rings. The Morgan fingerprint density at radius 3 is 2.43 bits per heavy atom. The summed E-state index contributed by atoms with van der Waals surface area (Å²) in [5.74, 6) is 0.106. The molecule has 0 N–H and O–H groups in total. The molecular weight excluding hydrogens is 382 g/mol. The van der Waals surface area contributed by atoms with E-state index in [1.54, 1.807) is 29.2 Å². The molecule has 0 unspecified atom stereocenters. The average Bonchev–Trinajstić information content (AvgIpc) is 3.16. The lowest BCUT2D eigenvalue weighted by Gasteiger charge is -2.16. The van der Waals surface area contributed by atoms with Crippen LogP contribution in [0.2, 0.25) is 0 Å². The van der Waals surface area contributed by atoms with Crippen LogP contribution < -0.4 is 9.64 Å². The zero-order valence-electron chi connectivity index (χ0n) is 17.6. The largest absolute Gasteiger partial charge is 0.482 e. The first-order valence-corrected chi connectivity index (χ1v) is 10.2. The number of benzene rings is 2. The molecule has 0 bridgehead atoms. The van der Waals surface area contributed by atoms with E-state index < -0.39 is 5.97 Å². The Kier molecular flexibility index (Phi) is 6.87. The van der Waals surface area contributed by atoms with Gasteiger partial charge in [-0.05, 0) is 60.7 Å². The van der Waals surface area contributed by atoms with E-state index in [-0.39, 0.29) is 30.8 Å². The molecule has 1 fully saturated rings. The molecule has 3 rings (SSSR count). The molecule has 1 amide bonds. The molecule has 1 heterocycles. The number of rotatable bonds is 8. The van der Waals surface area contributed by atoms with Crippen LogP contribution in [0, 0.1) is 6.92 Å². The van der Waals surface area contributed by atoms with Crippen molar-refractivity contribution in [1.82, 2.24) is 0 Å². The summed E-state index contributed by atoms with van der Waals surface area (Å²) >= 11 is 0. The maximum absolute atomic E-state index is 12.3. The van der Waals surface area contributed by atoms with Crippen LogP contribution in [0.5, 0.6) is 5.75 Å². The van der Waals surface area contributed by atoms with Crippen LogP contribution in [0.3, 0.4) is 0 Å². The van der Waals surface area contributed by atoms with Gasteiger partial charge in [-0.15, -0.1) is 0 Å². The molecule has 30 heavy (non-hydrogen) atoms. The summed E-state index contributed by atoms with van der Waals surface area (Å²) in [6, 6.07) is 12.7. The lowest BCUT2D eigenvalue weighted by atomic mass is 10.0. The van der Waals surface area contributed by atoms with Gasteiger partial charge in [0.2, 0.25) is 5.91 Å². The fourth-order valence-electron chi connectivity index (χ4n) is 3.40. The molecule has 2 aromatic carbocycles. The molecular formula is C24H27NO5. The van der Waals surface area contributed by atoms with Crippen LogP contribution >= 0.6 is 0 Å². The number of aryl methyl sites for hydroxylation is 1. The second-order valence-corrected chi connectivity index (χ2v) is 7.76. The van der Waals surface area contributed by atoms with Gasteiger partial charge in [-0.1, -0.05) is 26.0 Å². The highest BCUT2D eigenvalue weighted by Gasteiger charge is 2.22. The van der Waals surface area contributed by atoms with Crippen LogP contribution in [0.1, 0.15) is 54.1 Å². The Morgan fingerprint density at radius 1 is 1.07 bits per heavy atom. The maximum Gasteiger partial charge on any atom is 0.344 e. The minimum Gasteiger partial charge on any atom is -0.482 e. The lowest BCUT2D eigenvalue weighted by Crippen LogP contribution is -2.23. The summed E-state index contributed by atoms with van der Waals surface area (Å²) in [6.07, 6.45) is 1.40. The van der Waals surface area contributed by atoms with Gasteiger partial charge in [-0.3, -0.25) is 9.59 Å². The normalized spacial score (nSPS) is 13.6. The van der Waals surface area contributed by atoms with E-state index in [9.17, 15) is 14.4 Å². The molecule has 1 aliphatic heterocycles. The van der Waals surface area contributed by atoms with Crippen molar-refractivity contribution < 1.29 is 23.9 Å². The minimum absolute atomic E-state index is 0.0947. The molecule has 0 aliphatic carbocycles. The number of nitrogens with zero attached hydrogens (tertiary/aromatic N) is 1. The van der Waals surface area contributed by atoms with Crippen LogP contribution in [0.4, 0.5) is 5.69 Å². The molecule has 1 aliphatic rings. The highest BCUT2D eigenvalue weighted by molar-refractivity contribution is 5.99. The molecule has 0 spiro atoms. The van der Waals surface area contributed by atoms with Gasteiger partial charge in [0, 0.05) is 24.2 Å². The van der Waals surface area contributed by atoms with Crippen molar-refractivity contribution in [3.05, 3.63) is 59.2 Å². The van der Waals surface area contributed by atoms with E-state index in [2.05, 4.69) is 13.8 Å². The second kappa shape index (κ2) is 9.57. The minimum atomic E-state index is -0.598. The molecule has 1 saturated heterocycles. The predicted octanol–water partition coefficient (Wildman–Crippen LogP) is 4.05. The van der Waals surface area contributed by atoms with Gasteiger partial charge in [0.15, 0.2) is 19.0 Å². The Balaban J connectivity index is 1.51. The number of Topliss-reactive ketones (excluding diaryl/α,β-unsaturated/α-hetero) is 1. The van der Waals surface area contributed by atoms with Crippen LogP contribution in [-0.4, -0.2) is 37.4 Å². The van der Waals surface area contributed by atoms with Gasteiger partial charge in [-0.2, -0.15) is 0 Å². The predicted molar refractivity (Wildman–Crippen MR) is 114 cm³/mol. The third-order valence-electron chi connectivity index (χ3n) is 5.08. The number of amides is 1. The van der Waals surface area contributed by atoms with Gasteiger partial charge >= 0.3 is 5.97 Å². The Morgan fingerprint density at radius 2 is 1.80 bits per heavy atom. The van der Waals surface area contributed by atoms with Gasteiger partial charge in [0.25, 0.3) is 0 Å². The maximum atomic E-state index is 12.3. The number of ketones is 1. The van der Waals surface area contributed by atoms with Crippen molar-refractivity contribution in [2.75, 3.05) is 24.7 Å². The Bertz CT molecular complexity index is 933. The van der Waals surface area contributed by atoms with Gasteiger partial charge < -0.3 is 14.4 Å². The highest BCUT2D eigenvalue weighted by Crippen LogP contribution is 2.27. The van der Waals surface area contributed by atoms with E-state index in [0.717, 1.165) is 23.2 Å². The van der Waals surface area contributed by atoms with E-state index in [0.29, 0.717) is 24.3 Å². The number of anilines is 1. The van der Waals surface area contributed by atoms with Crippen molar-refractivity contribution in [2.45, 2.75) is 39.5 Å². The number of hydrogen-bond donors (Lipinski definition) is 0. The zero-order chi connectivity index (χ0) is 21.7. The first kappa shape index (κ1) is 21.6. The van der Waals surface area contributed by atoms with Crippen molar-refractivity contribution in [1.29, 1.82) is 0 Å². The van der Waals surface area contributed by atoms with Gasteiger partial charge in [-0.25, -0.2) is 4.79 Å². The van der Waals surface area contributed by atoms with Crippen LogP contribution in [0.25, 0.3) is 0 Å². The molecule has 0 aromatic heterocycles. The molecule has 0 saturated carbocycles. The quantitative estimate of drug-likeness (QED) is 0.486. The van der Waals surface area contributed by atoms with Gasteiger partial charge in [0.05, 0.1) is 0 Å². The van der Waals surface area contributed by atoms with Crippen LogP contribution in [0.15, 0.2) is 42.5 Å². The van der Waals surface area contributed by atoms with Crippen molar-refractivity contribution >= 4 is 23.3 Å². The third-order valence-corrected chi connectivity index (χ3v) is 5.08.